The van der Waals surface area contributed by atoms with E-state index in [9.17, 15) is 13.6 Å². The number of nitrogens with zero attached hydrogens (tertiary/aromatic N) is 2. The lowest BCUT2D eigenvalue weighted by molar-refractivity contribution is -0.139. The average Bonchev–Trinajstić information content (AvgIpc) is 2.65. The van der Waals surface area contributed by atoms with Crippen LogP contribution in [0.3, 0.4) is 0 Å². The number of para-hydroxylation sites is 1. The van der Waals surface area contributed by atoms with Gasteiger partial charge in [0, 0.05) is 31.7 Å². The second kappa shape index (κ2) is 8.48. The van der Waals surface area contributed by atoms with Gasteiger partial charge in [0.25, 0.3) is 5.91 Å². The van der Waals surface area contributed by atoms with Crippen LogP contribution >= 0.6 is 0 Å². The van der Waals surface area contributed by atoms with Gasteiger partial charge < -0.3 is 9.64 Å². The molecule has 2 aromatic carbocycles. The Labute approximate surface area is 158 Å². The molecule has 2 atom stereocenters. The fraction of sp³-hybridized carbons (Fsp3) is 0.381. The predicted octanol–water partition coefficient (Wildman–Crippen LogP) is 3.47. The quantitative estimate of drug-likeness (QED) is 0.804. The Kier molecular flexibility index (Phi) is 6.06. The van der Waals surface area contributed by atoms with Crippen LogP contribution in [0.5, 0.6) is 5.75 Å². The lowest BCUT2D eigenvalue weighted by Crippen LogP contribution is -2.58. The number of carbonyl (C=O) groups is 1. The summed E-state index contributed by atoms with van der Waals surface area (Å²) >= 11 is 0. The zero-order valence-corrected chi connectivity index (χ0v) is 15.6. The number of ether oxygens (including phenoxy) is 1. The highest BCUT2D eigenvalue weighted by Crippen LogP contribution is 2.20. The van der Waals surface area contributed by atoms with Crippen molar-refractivity contribution in [2.24, 2.45) is 0 Å². The molecule has 6 heteroatoms. The normalized spacial score (nSPS) is 20.5. The van der Waals surface area contributed by atoms with Crippen LogP contribution in [0.4, 0.5) is 8.78 Å². The predicted molar refractivity (Wildman–Crippen MR) is 99.3 cm³/mol. The number of piperazine rings is 1. The lowest BCUT2D eigenvalue weighted by atomic mass is 10.1. The minimum absolute atomic E-state index is 0.0124. The Balaban J connectivity index is 1.56. The summed E-state index contributed by atoms with van der Waals surface area (Å²) in [4.78, 5) is 16.6. The maximum Gasteiger partial charge on any atom is 0.260 e. The van der Waals surface area contributed by atoms with Gasteiger partial charge in [-0.05, 0) is 43.7 Å². The highest BCUT2D eigenvalue weighted by Gasteiger charge is 2.32. The lowest BCUT2D eigenvalue weighted by Gasteiger charge is -2.44. The molecule has 27 heavy (non-hydrogen) atoms. The fourth-order valence-corrected chi connectivity index (χ4v) is 3.37. The van der Waals surface area contributed by atoms with Crippen molar-refractivity contribution in [3.8, 4) is 5.75 Å². The number of hydrogen-bond acceptors (Lipinski definition) is 3. The maximum atomic E-state index is 13.6. The van der Waals surface area contributed by atoms with Crippen LogP contribution in [0.2, 0.25) is 0 Å². The molecule has 0 unspecified atom stereocenters. The van der Waals surface area contributed by atoms with Crippen molar-refractivity contribution >= 4 is 5.91 Å². The Morgan fingerprint density at radius 1 is 1.04 bits per heavy atom. The van der Waals surface area contributed by atoms with E-state index >= 15 is 0 Å². The number of rotatable bonds is 5. The molecule has 1 aliphatic rings. The van der Waals surface area contributed by atoms with E-state index in [2.05, 4.69) is 11.8 Å². The molecule has 0 radical (unpaired) electrons. The van der Waals surface area contributed by atoms with E-state index in [1.165, 1.54) is 24.3 Å². The Morgan fingerprint density at radius 3 is 2.44 bits per heavy atom. The molecule has 144 valence electrons. The summed E-state index contributed by atoms with van der Waals surface area (Å²) in [5.41, 5.74) is 1.04. The van der Waals surface area contributed by atoms with Crippen molar-refractivity contribution in [2.75, 3.05) is 19.7 Å². The number of amides is 1. The van der Waals surface area contributed by atoms with Crippen molar-refractivity contribution in [3.05, 3.63) is 65.7 Å². The van der Waals surface area contributed by atoms with E-state index in [1.54, 1.807) is 29.2 Å². The van der Waals surface area contributed by atoms with Crippen LogP contribution < -0.4 is 4.74 Å². The monoisotopic (exact) mass is 374 g/mol. The Bertz CT molecular complexity index is 782. The van der Waals surface area contributed by atoms with Crippen LogP contribution in [-0.4, -0.2) is 47.5 Å². The first-order valence-electron chi connectivity index (χ1n) is 9.09. The second-order valence-electron chi connectivity index (χ2n) is 7.02. The van der Waals surface area contributed by atoms with Crippen molar-refractivity contribution in [2.45, 2.75) is 32.5 Å². The standard InChI is InChI=1S/C21H24F2N2O2/c1-15-12-25(21(26)14-27-20-6-4-3-5-19(20)23)16(2)11-24(15)13-17-7-9-18(22)10-8-17/h3-10,15-16H,11-14H2,1-2H3/t15-,16+/m1/s1. The average molecular weight is 374 g/mol. The van der Waals surface area contributed by atoms with Crippen molar-refractivity contribution in [1.29, 1.82) is 0 Å². The highest BCUT2D eigenvalue weighted by atomic mass is 19.1. The molecule has 0 N–H and O–H groups in total. The molecule has 0 saturated carbocycles. The molecule has 0 aromatic heterocycles. The molecule has 0 bridgehead atoms. The van der Waals surface area contributed by atoms with Crippen LogP contribution in [0.25, 0.3) is 0 Å². The van der Waals surface area contributed by atoms with Gasteiger partial charge in [-0.2, -0.15) is 0 Å². The topological polar surface area (TPSA) is 32.8 Å². The molecular weight excluding hydrogens is 350 g/mol. The number of halogens is 2. The number of benzene rings is 2. The van der Waals surface area contributed by atoms with E-state index in [4.69, 9.17) is 4.74 Å². The minimum atomic E-state index is -0.476. The zero-order chi connectivity index (χ0) is 19.4. The summed E-state index contributed by atoms with van der Waals surface area (Å²) in [5.74, 6) is -0.790. The van der Waals surface area contributed by atoms with Crippen LogP contribution in [0.1, 0.15) is 19.4 Å². The van der Waals surface area contributed by atoms with E-state index < -0.39 is 5.82 Å². The van der Waals surface area contributed by atoms with Gasteiger partial charge in [0.05, 0.1) is 0 Å². The number of carbonyl (C=O) groups excluding carboxylic acids is 1. The van der Waals surface area contributed by atoms with Gasteiger partial charge in [0.15, 0.2) is 18.2 Å². The summed E-state index contributed by atoms with van der Waals surface area (Å²) in [6, 6.07) is 12.7. The smallest absolute Gasteiger partial charge is 0.260 e. The van der Waals surface area contributed by atoms with Gasteiger partial charge in [-0.3, -0.25) is 9.69 Å². The first-order valence-corrected chi connectivity index (χ1v) is 9.09. The van der Waals surface area contributed by atoms with E-state index in [1.807, 2.05) is 6.92 Å². The second-order valence-corrected chi connectivity index (χ2v) is 7.02. The molecule has 0 aliphatic carbocycles. The van der Waals surface area contributed by atoms with Gasteiger partial charge in [-0.25, -0.2) is 8.78 Å². The largest absolute Gasteiger partial charge is 0.481 e. The Hall–Kier alpha value is -2.47. The molecule has 3 rings (SSSR count). The molecule has 0 spiro atoms. The molecule has 1 fully saturated rings. The molecular formula is C21H24F2N2O2. The first-order chi connectivity index (χ1) is 12.9. The summed E-state index contributed by atoms with van der Waals surface area (Å²) in [7, 11) is 0. The first kappa shape index (κ1) is 19.3. The zero-order valence-electron chi connectivity index (χ0n) is 15.6. The number of hydrogen-bond donors (Lipinski definition) is 0. The van der Waals surface area contributed by atoms with Gasteiger partial charge in [-0.15, -0.1) is 0 Å². The van der Waals surface area contributed by atoms with Gasteiger partial charge >= 0.3 is 0 Å². The van der Waals surface area contributed by atoms with Crippen LogP contribution in [-0.2, 0) is 11.3 Å². The Morgan fingerprint density at radius 2 is 1.74 bits per heavy atom. The fourth-order valence-electron chi connectivity index (χ4n) is 3.37. The third kappa shape index (κ3) is 4.83. The molecule has 1 aliphatic heterocycles. The van der Waals surface area contributed by atoms with E-state index in [-0.39, 0.29) is 36.2 Å². The third-order valence-corrected chi connectivity index (χ3v) is 4.92. The SMILES string of the molecule is C[C@@H]1CN(C(=O)COc2ccccc2F)[C@@H](C)CN1Cc1ccc(F)cc1. The van der Waals surface area contributed by atoms with Crippen LogP contribution in [0.15, 0.2) is 48.5 Å². The van der Waals surface area contributed by atoms with Gasteiger partial charge in [0.1, 0.15) is 5.82 Å². The van der Waals surface area contributed by atoms with Crippen molar-refractivity contribution < 1.29 is 18.3 Å². The van der Waals surface area contributed by atoms with Crippen molar-refractivity contribution in [3.63, 3.8) is 0 Å². The molecule has 1 saturated heterocycles. The third-order valence-electron chi connectivity index (χ3n) is 4.92. The van der Waals surface area contributed by atoms with Gasteiger partial charge in [0.2, 0.25) is 0 Å². The van der Waals surface area contributed by atoms with Crippen molar-refractivity contribution in [1.82, 2.24) is 9.80 Å². The van der Waals surface area contributed by atoms with E-state index in [0.717, 1.165) is 5.56 Å². The minimum Gasteiger partial charge on any atom is -0.481 e. The highest BCUT2D eigenvalue weighted by molar-refractivity contribution is 5.78. The molecule has 1 heterocycles. The van der Waals surface area contributed by atoms with E-state index in [0.29, 0.717) is 19.6 Å². The molecule has 1 amide bonds. The maximum absolute atomic E-state index is 13.6. The van der Waals surface area contributed by atoms with Crippen LogP contribution in [0, 0.1) is 11.6 Å². The summed E-state index contributed by atoms with van der Waals surface area (Å²) in [5, 5.41) is 0. The van der Waals surface area contributed by atoms with Gasteiger partial charge in [-0.1, -0.05) is 24.3 Å². The summed E-state index contributed by atoms with van der Waals surface area (Å²) < 4.78 is 32.0. The molecule has 2 aromatic rings. The molecule has 4 nitrogen and oxygen atoms in total. The summed E-state index contributed by atoms with van der Waals surface area (Å²) in [6.45, 7) is 5.86. The summed E-state index contributed by atoms with van der Waals surface area (Å²) in [6.07, 6.45) is 0.